The van der Waals surface area contributed by atoms with Crippen LogP contribution in [0.2, 0.25) is 5.02 Å². The summed E-state index contributed by atoms with van der Waals surface area (Å²) in [5.41, 5.74) is 7.17. The van der Waals surface area contributed by atoms with Gasteiger partial charge in [0.05, 0.1) is 19.7 Å². The summed E-state index contributed by atoms with van der Waals surface area (Å²) in [6.45, 7) is 10.6. The molecule has 2 N–H and O–H groups in total. The maximum Gasteiger partial charge on any atom is 0.242 e. The number of piperazine rings is 1. The number of primary amides is 1. The molecule has 0 radical (unpaired) electrons. The average molecular weight is 462 g/mol. The van der Waals surface area contributed by atoms with Gasteiger partial charge in [0.1, 0.15) is 5.75 Å². The molecule has 1 saturated heterocycles. The van der Waals surface area contributed by atoms with Crippen molar-refractivity contribution in [1.29, 1.82) is 0 Å². The van der Waals surface area contributed by atoms with E-state index in [0.717, 1.165) is 17.0 Å². The topological polar surface area (TPSA) is 93.7 Å². The Balaban J connectivity index is 1.73. The molecule has 2 heterocycles. The number of aromatic nitrogens is 2. The number of hydrogen-bond acceptors (Lipinski definition) is 5. The van der Waals surface area contributed by atoms with Crippen LogP contribution in [0.4, 0.5) is 5.82 Å². The van der Waals surface area contributed by atoms with E-state index in [1.165, 1.54) is 0 Å². The molecule has 1 fully saturated rings. The summed E-state index contributed by atoms with van der Waals surface area (Å²) in [7, 11) is 0. The lowest BCUT2D eigenvalue weighted by atomic mass is 10.1. The van der Waals surface area contributed by atoms with Crippen LogP contribution in [-0.4, -0.2) is 58.8 Å². The van der Waals surface area contributed by atoms with E-state index in [1.807, 2.05) is 47.7 Å². The van der Waals surface area contributed by atoms with Gasteiger partial charge in [-0.25, -0.2) is 0 Å². The molecule has 1 aromatic carbocycles. The summed E-state index contributed by atoms with van der Waals surface area (Å²) in [4.78, 5) is 27.7. The number of ether oxygens (including phenoxy) is 1. The highest BCUT2D eigenvalue weighted by Crippen LogP contribution is 2.26. The Hall–Kier alpha value is -2.58. The van der Waals surface area contributed by atoms with E-state index in [-0.39, 0.29) is 30.8 Å². The number of carbonyl (C=O) groups excluding carboxylic acids is 2. The van der Waals surface area contributed by atoms with E-state index in [9.17, 15) is 9.59 Å². The summed E-state index contributed by atoms with van der Waals surface area (Å²) in [6, 6.07) is 7.45. The van der Waals surface area contributed by atoms with Crippen molar-refractivity contribution in [3.05, 3.63) is 40.5 Å². The summed E-state index contributed by atoms with van der Waals surface area (Å²) in [6.07, 6.45) is 0.238. The molecule has 9 heteroatoms. The molecule has 0 spiro atoms. The van der Waals surface area contributed by atoms with Gasteiger partial charge in [-0.3, -0.25) is 24.1 Å². The first-order valence-corrected chi connectivity index (χ1v) is 11.3. The Labute approximate surface area is 194 Å². The van der Waals surface area contributed by atoms with E-state index in [4.69, 9.17) is 27.2 Å². The predicted octanol–water partition coefficient (Wildman–Crippen LogP) is 2.84. The first-order chi connectivity index (χ1) is 15.1. The van der Waals surface area contributed by atoms with Crippen molar-refractivity contribution in [2.24, 2.45) is 11.7 Å². The molecule has 3 rings (SSSR count). The molecule has 0 bridgehead atoms. The van der Waals surface area contributed by atoms with Gasteiger partial charge in [0.2, 0.25) is 11.8 Å². The van der Waals surface area contributed by atoms with Gasteiger partial charge < -0.3 is 10.5 Å². The van der Waals surface area contributed by atoms with Crippen molar-refractivity contribution in [3.8, 4) is 5.75 Å². The average Bonchev–Trinajstić information content (AvgIpc) is 3.06. The second-order valence-electron chi connectivity index (χ2n) is 8.79. The molecule has 1 aromatic heterocycles. The fraction of sp³-hybridized carbons (Fsp3) is 0.522. The molecule has 2 amide bonds. The quantitative estimate of drug-likeness (QED) is 0.619. The number of aryl methyl sites for hydroxylation is 1. The number of nitrogens with zero attached hydrogens (tertiary/aromatic N) is 4. The highest BCUT2D eigenvalue weighted by molar-refractivity contribution is 6.30. The second kappa shape index (κ2) is 10.4. The Morgan fingerprint density at radius 3 is 2.66 bits per heavy atom. The number of amides is 2. The largest absolute Gasteiger partial charge is 0.493 e. The van der Waals surface area contributed by atoms with Crippen LogP contribution >= 0.6 is 11.6 Å². The second-order valence-corrected chi connectivity index (χ2v) is 9.23. The maximum absolute atomic E-state index is 12.8. The minimum atomic E-state index is -0.362. The molecule has 2 aromatic rings. The molecular weight excluding hydrogens is 430 g/mol. The van der Waals surface area contributed by atoms with Crippen LogP contribution in [0.1, 0.15) is 38.4 Å². The maximum atomic E-state index is 12.8. The van der Waals surface area contributed by atoms with Gasteiger partial charge >= 0.3 is 0 Å². The van der Waals surface area contributed by atoms with Gasteiger partial charge in [-0.1, -0.05) is 25.4 Å². The third-order valence-electron chi connectivity index (χ3n) is 5.53. The zero-order valence-electron chi connectivity index (χ0n) is 19.2. The molecule has 0 saturated carbocycles. The first kappa shape index (κ1) is 24.1. The molecule has 1 atom stereocenters. The van der Waals surface area contributed by atoms with Gasteiger partial charge in [-0.2, -0.15) is 5.10 Å². The van der Waals surface area contributed by atoms with Crippen molar-refractivity contribution in [2.75, 3.05) is 31.1 Å². The minimum Gasteiger partial charge on any atom is -0.493 e. The lowest BCUT2D eigenvalue weighted by Gasteiger charge is -2.36. The van der Waals surface area contributed by atoms with Crippen LogP contribution in [0, 0.1) is 12.8 Å². The third-order valence-corrected chi connectivity index (χ3v) is 5.76. The van der Waals surface area contributed by atoms with Crippen LogP contribution in [0.25, 0.3) is 0 Å². The molecule has 1 aliphatic heterocycles. The van der Waals surface area contributed by atoms with Gasteiger partial charge in [0, 0.05) is 47.9 Å². The lowest BCUT2D eigenvalue weighted by molar-refractivity contribution is -0.124. The highest BCUT2D eigenvalue weighted by Gasteiger charge is 2.30. The van der Waals surface area contributed by atoms with E-state index >= 15 is 0 Å². The van der Waals surface area contributed by atoms with Crippen LogP contribution < -0.4 is 15.4 Å². The zero-order valence-corrected chi connectivity index (χ0v) is 19.9. The number of benzene rings is 1. The number of nitrogens with two attached hydrogens (primary N) is 1. The third kappa shape index (κ3) is 6.01. The van der Waals surface area contributed by atoms with E-state index in [1.54, 1.807) is 4.90 Å². The van der Waals surface area contributed by atoms with Crippen LogP contribution in [0.3, 0.4) is 0 Å². The van der Waals surface area contributed by atoms with Crippen LogP contribution in [-0.2, 0) is 16.1 Å². The standard InChI is InChI=1S/C23H32ClN5O3/c1-15(2)14-32-20-6-5-19(24)11-18(20)12-29-17(4)10-22(26-29)28-8-7-27(13-23(28)31)16(3)9-21(25)30/h5-6,10-11,15-16H,7-9,12-14H2,1-4H3,(H2,25,30). The number of halogens is 1. The number of anilines is 1. The monoisotopic (exact) mass is 461 g/mol. The molecule has 1 unspecified atom stereocenters. The normalized spacial score (nSPS) is 15.9. The summed E-state index contributed by atoms with van der Waals surface area (Å²) in [5.74, 6) is 1.42. The van der Waals surface area contributed by atoms with Gasteiger partial charge in [0.25, 0.3) is 0 Å². The Morgan fingerprint density at radius 2 is 2.00 bits per heavy atom. The van der Waals surface area contributed by atoms with Crippen LogP contribution in [0.15, 0.2) is 24.3 Å². The number of hydrogen-bond donors (Lipinski definition) is 1. The van der Waals surface area contributed by atoms with Gasteiger partial charge in [-0.05, 0) is 38.0 Å². The number of carbonyl (C=O) groups is 2. The Kier molecular flexibility index (Phi) is 7.79. The van der Waals surface area contributed by atoms with Crippen molar-refractivity contribution in [2.45, 2.75) is 46.7 Å². The zero-order chi connectivity index (χ0) is 23.4. The van der Waals surface area contributed by atoms with Crippen molar-refractivity contribution in [3.63, 3.8) is 0 Å². The molecule has 1 aliphatic rings. The van der Waals surface area contributed by atoms with Gasteiger partial charge in [0.15, 0.2) is 5.82 Å². The van der Waals surface area contributed by atoms with E-state index in [0.29, 0.717) is 43.0 Å². The first-order valence-electron chi connectivity index (χ1n) is 10.9. The molecule has 32 heavy (non-hydrogen) atoms. The fourth-order valence-electron chi connectivity index (χ4n) is 3.74. The predicted molar refractivity (Wildman–Crippen MR) is 125 cm³/mol. The summed E-state index contributed by atoms with van der Waals surface area (Å²) in [5, 5.41) is 5.33. The van der Waals surface area contributed by atoms with E-state index < -0.39 is 0 Å². The molecule has 8 nitrogen and oxygen atoms in total. The fourth-order valence-corrected chi connectivity index (χ4v) is 3.94. The SMILES string of the molecule is Cc1cc(N2CCN(C(C)CC(N)=O)CC2=O)nn1Cc1cc(Cl)ccc1OCC(C)C. The van der Waals surface area contributed by atoms with Crippen molar-refractivity contribution < 1.29 is 14.3 Å². The van der Waals surface area contributed by atoms with Crippen molar-refractivity contribution in [1.82, 2.24) is 14.7 Å². The number of rotatable bonds is 9. The summed E-state index contributed by atoms with van der Waals surface area (Å²) >= 11 is 6.23. The van der Waals surface area contributed by atoms with Crippen LogP contribution in [0.5, 0.6) is 5.75 Å². The van der Waals surface area contributed by atoms with E-state index in [2.05, 4.69) is 13.8 Å². The smallest absolute Gasteiger partial charge is 0.242 e. The highest BCUT2D eigenvalue weighted by atomic mass is 35.5. The Morgan fingerprint density at radius 1 is 1.25 bits per heavy atom. The molecule has 174 valence electrons. The molecule has 0 aliphatic carbocycles. The van der Waals surface area contributed by atoms with Crippen molar-refractivity contribution >= 4 is 29.2 Å². The summed E-state index contributed by atoms with van der Waals surface area (Å²) < 4.78 is 7.82. The van der Waals surface area contributed by atoms with Gasteiger partial charge in [-0.15, -0.1) is 0 Å². The molecular formula is C23H32ClN5O3. The lowest BCUT2D eigenvalue weighted by Crippen LogP contribution is -2.53. The minimum absolute atomic E-state index is 0.0408. The Bertz CT molecular complexity index is 975.